The van der Waals surface area contributed by atoms with Crippen LogP contribution < -0.4 is 9.64 Å². The van der Waals surface area contributed by atoms with Crippen molar-refractivity contribution in [3.63, 3.8) is 0 Å². The number of ether oxygens (including phenoxy) is 1. The number of anilines is 1. The summed E-state index contributed by atoms with van der Waals surface area (Å²) >= 11 is 6.25. The Labute approximate surface area is 225 Å². The van der Waals surface area contributed by atoms with Gasteiger partial charge in [0.15, 0.2) is 0 Å². The number of carbonyl (C=O) groups is 2. The van der Waals surface area contributed by atoms with Gasteiger partial charge in [-0.3, -0.25) is 19.5 Å². The summed E-state index contributed by atoms with van der Waals surface area (Å²) in [7, 11) is 0. The Kier molecular flexibility index (Phi) is 6.99. The fraction of sp³-hybridized carbons (Fsp3) is 0.129. The molecule has 1 unspecified atom stereocenters. The number of carbonyl (C=O) groups excluding carboxylic acids is 2. The summed E-state index contributed by atoms with van der Waals surface area (Å²) in [5.74, 6) is -1.17. The van der Waals surface area contributed by atoms with Crippen molar-refractivity contribution >= 4 is 34.7 Å². The van der Waals surface area contributed by atoms with Crippen molar-refractivity contribution in [3.05, 3.63) is 130 Å². The van der Waals surface area contributed by atoms with E-state index in [0.29, 0.717) is 34.3 Å². The standard InChI is InChI=1S/C31H25ClN2O4/c1-19-11-13-23(32)17-25(19)34-28(24-10-6-7-15-33-24)27(30(36)31(34)37)29(35)22-12-14-26(20(2)16-22)38-18-21-8-4-3-5-9-21/h3-17,28,35H,18H2,1-2H3/b29-27+. The molecule has 0 bridgehead atoms. The van der Waals surface area contributed by atoms with Crippen LogP contribution in [0.5, 0.6) is 5.75 Å². The Balaban J connectivity index is 1.57. The van der Waals surface area contributed by atoms with E-state index >= 15 is 0 Å². The second-order valence-electron chi connectivity index (χ2n) is 9.11. The zero-order chi connectivity index (χ0) is 26.8. The fourth-order valence-corrected chi connectivity index (χ4v) is 4.76. The van der Waals surface area contributed by atoms with Gasteiger partial charge in [0.1, 0.15) is 24.2 Å². The van der Waals surface area contributed by atoms with E-state index in [1.165, 1.54) is 4.90 Å². The molecule has 5 rings (SSSR count). The smallest absolute Gasteiger partial charge is 0.300 e. The lowest BCUT2D eigenvalue weighted by atomic mass is 9.97. The molecule has 1 saturated heterocycles. The highest BCUT2D eigenvalue weighted by molar-refractivity contribution is 6.52. The van der Waals surface area contributed by atoms with Crippen LogP contribution in [0.1, 0.15) is 34.0 Å². The second kappa shape index (κ2) is 10.5. The maximum absolute atomic E-state index is 13.4. The highest BCUT2D eigenvalue weighted by Gasteiger charge is 2.48. The van der Waals surface area contributed by atoms with Gasteiger partial charge in [-0.1, -0.05) is 54.1 Å². The predicted octanol–water partition coefficient (Wildman–Crippen LogP) is 6.56. The number of aromatic nitrogens is 1. The van der Waals surface area contributed by atoms with E-state index in [9.17, 15) is 14.7 Å². The zero-order valence-corrected chi connectivity index (χ0v) is 21.6. The van der Waals surface area contributed by atoms with Gasteiger partial charge in [-0.25, -0.2) is 0 Å². The lowest BCUT2D eigenvalue weighted by Crippen LogP contribution is -2.30. The van der Waals surface area contributed by atoms with Gasteiger partial charge in [0.05, 0.1) is 11.3 Å². The Morgan fingerprint density at radius 2 is 1.71 bits per heavy atom. The van der Waals surface area contributed by atoms with Crippen molar-refractivity contribution in [2.45, 2.75) is 26.5 Å². The van der Waals surface area contributed by atoms with Crippen LogP contribution in [0.25, 0.3) is 5.76 Å². The first-order valence-electron chi connectivity index (χ1n) is 12.1. The van der Waals surface area contributed by atoms with Gasteiger partial charge in [-0.2, -0.15) is 0 Å². The number of hydrogen-bond donors (Lipinski definition) is 1. The average Bonchev–Trinajstić information content (AvgIpc) is 3.20. The molecule has 1 amide bonds. The molecular formula is C31H25ClN2O4. The number of aliphatic hydroxyl groups excluding tert-OH is 1. The van der Waals surface area contributed by atoms with Crippen molar-refractivity contribution in [3.8, 4) is 5.75 Å². The Bertz CT molecular complexity index is 1550. The zero-order valence-electron chi connectivity index (χ0n) is 20.9. The number of nitrogens with zero attached hydrogens (tertiary/aromatic N) is 2. The number of halogens is 1. The summed E-state index contributed by atoms with van der Waals surface area (Å²) in [6, 6.07) is 24.4. The number of amides is 1. The van der Waals surface area contributed by atoms with E-state index in [1.807, 2.05) is 44.2 Å². The quantitative estimate of drug-likeness (QED) is 0.175. The summed E-state index contributed by atoms with van der Waals surface area (Å²) in [6.07, 6.45) is 1.59. The van der Waals surface area contributed by atoms with Crippen molar-refractivity contribution in [1.29, 1.82) is 0 Å². The molecule has 1 fully saturated rings. The third-order valence-electron chi connectivity index (χ3n) is 6.53. The van der Waals surface area contributed by atoms with Crippen LogP contribution in [0.2, 0.25) is 5.02 Å². The van der Waals surface area contributed by atoms with E-state index < -0.39 is 17.7 Å². The Morgan fingerprint density at radius 1 is 0.947 bits per heavy atom. The Morgan fingerprint density at radius 3 is 2.42 bits per heavy atom. The normalized spacial score (nSPS) is 16.6. The minimum Gasteiger partial charge on any atom is -0.507 e. The largest absolute Gasteiger partial charge is 0.507 e. The summed E-state index contributed by atoms with van der Waals surface area (Å²) in [6.45, 7) is 4.09. The van der Waals surface area contributed by atoms with Crippen LogP contribution in [-0.2, 0) is 16.2 Å². The van der Waals surface area contributed by atoms with Gasteiger partial charge in [0, 0.05) is 22.5 Å². The summed E-state index contributed by atoms with van der Waals surface area (Å²) in [5, 5.41) is 11.9. The average molecular weight is 525 g/mol. The van der Waals surface area contributed by atoms with Crippen LogP contribution >= 0.6 is 11.6 Å². The third-order valence-corrected chi connectivity index (χ3v) is 6.76. The number of Topliss-reactive ketones (excluding diaryl/α,β-unsaturated/α-hetero) is 1. The predicted molar refractivity (Wildman–Crippen MR) is 147 cm³/mol. The number of benzene rings is 3. The molecule has 0 aliphatic carbocycles. The second-order valence-corrected chi connectivity index (χ2v) is 9.55. The van der Waals surface area contributed by atoms with Gasteiger partial charge in [0.25, 0.3) is 11.7 Å². The van der Waals surface area contributed by atoms with Gasteiger partial charge >= 0.3 is 0 Å². The summed E-state index contributed by atoms with van der Waals surface area (Å²) in [4.78, 5) is 32.6. The van der Waals surface area contributed by atoms with Crippen molar-refractivity contribution < 1.29 is 19.4 Å². The number of ketones is 1. The van der Waals surface area contributed by atoms with Crippen molar-refractivity contribution in [1.82, 2.24) is 4.98 Å². The van der Waals surface area contributed by atoms with Crippen LogP contribution in [0, 0.1) is 13.8 Å². The highest BCUT2D eigenvalue weighted by atomic mass is 35.5. The lowest BCUT2D eigenvalue weighted by molar-refractivity contribution is -0.132. The summed E-state index contributed by atoms with van der Waals surface area (Å²) in [5.41, 5.74) is 3.86. The van der Waals surface area contributed by atoms with E-state index in [4.69, 9.17) is 16.3 Å². The van der Waals surface area contributed by atoms with Gasteiger partial charge in [0.2, 0.25) is 0 Å². The maximum atomic E-state index is 13.4. The molecule has 1 N–H and O–H groups in total. The van der Waals surface area contributed by atoms with E-state index in [0.717, 1.165) is 16.7 Å². The molecular weight excluding hydrogens is 500 g/mol. The van der Waals surface area contributed by atoms with Gasteiger partial charge < -0.3 is 9.84 Å². The molecule has 190 valence electrons. The fourth-order valence-electron chi connectivity index (χ4n) is 4.59. The minimum atomic E-state index is -0.928. The molecule has 0 spiro atoms. The highest BCUT2D eigenvalue weighted by Crippen LogP contribution is 2.43. The molecule has 0 radical (unpaired) electrons. The van der Waals surface area contributed by atoms with E-state index in [1.54, 1.807) is 60.8 Å². The number of aryl methyl sites for hydroxylation is 2. The molecule has 1 aliphatic rings. The maximum Gasteiger partial charge on any atom is 0.300 e. The molecule has 6 nitrogen and oxygen atoms in total. The number of rotatable bonds is 6. The van der Waals surface area contributed by atoms with Crippen LogP contribution in [0.15, 0.2) is 96.7 Å². The molecule has 0 saturated carbocycles. The summed E-state index contributed by atoms with van der Waals surface area (Å²) < 4.78 is 5.96. The van der Waals surface area contributed by atoms with Crippen LogP contribution in [0.3, 0.4) is 0 Å². The number of hydrogen-bond acceptors (Lipinski definition) is 5. The minimum absolute atomic E-state index is 0.0366. The molecule has 1 aromatic heterocycles. The molecule has 2 heterocycles. The topological polar surface area (TPSA) is 79.7 Å². The molecule has 1 aliphatic heterocycles. The molecule has 7 heteroatoms. The Hall–Kier alpha value is -4.42. The van der Waals surface area contributed by atoms with E-state index in [-0.39, 0.29) is 11.3 Å². The first kappa shape index (κ1) is 25.2. The van der Waals surface area contributed by atoms with E-state index in [2.05, 4.69) is 4.98 Å². The molecule has 4 aromatic rings. The number of aliphatic hydroxyl groups is 1. The van der Waals surface area contributed by atoms with Gasteiger partial charge in [-0.15, -0.1) is 0 Å². The van der Waals surface area contributed by atoms with Gasteiger partial charge in [-0.05, 0) is 73.0 Å². The third kappa shape index (κ3) is 4.78. The van der Waals surface area contributed by atoms with Crippen LogP contribution in [0.4, 0.5) is 5.69 Å². The van der Waals surface area contributed by atoms with Crippen molar-refractivity contribution in [2.75, 3.05) is 4.90 Å². The first-order valence-corrected chi connectivity index (χ1v) is 12.5. The molecule has 1 atom stereocenters. The van der Waals surface area contributed by atoms with Crippen LogP contribution in [-0.4, -0.2) is 21.8 Å². The SMILES string of the molecule is Cc1cc(/C(O)=C2\C(=O)C(=O)N(c3cc(Cl)ccc3C)C2c2ccccn2)ccc1OCc1ccccc1. The molecule has 3 aromatic carbocycles. The lowest BCUT2D eigenvalue weighted by Gasteiger charge is -2.26. The monoisotopic (exact) mass is 524 g/mol. The number of pyridine rings is 1. The van der Waals surface area contributed by atoms with Crippen molar-refractivity contribution in [2.24, 2.45) is 0 Å². The molecule has 38 heavy (non-hydrogen) atoms. The first-order chi connectivity index (χ1) is 18.3.